The van der Waals surface area contributed by atoms with Gasteiger partial charge >= 0.3 is 0 Å². The first kappa shape index (κ1) is 13.2. The number of carbonyl (C=O) groups excluding carboxylic acids is 1. The predicted molar refractivity (Wildman–Crippen MR) is 64.6 cm³/mol. The van der Waals surface area contributed by atoms with Crippen molar-refractivity contribution >= 4 is 5.91 Å². The van der Waals surface area contributed by atoms with Gasteiger partial charge in [-0.15, -0.1) is 0 Å². The van der Waals surface area contributed by atoms with E-state index in [9.17, 15) is 9.18 Å². The van der Waals surface area contributed by atoms with E-state index in [1.165, 1.54) is 24.5 Å². The fourth-order valence-corrected chi connectivity index (χ4v) is 1.45. The molecule has 0 spiro atoms. The SMILES string of the molecule is NCCc1ncc(C(=O)NCc2ncccc2F)o1. The van der Waals surface area contributed by atoms with Gasteiger partial charge in [-0.05, 0) is 12.1 Å². The number of pyridine rings is 1. The minimum Gasteiger partial charge on any atom is -0.436 e. The lowest BCUT2D eigenvalue weighted by molar-refractivity contribution is 0.0920. The molecule has 3 N–H and O–H groups in total. The Balaban J connectivity index is 1.95. The summed E-state index contributed by atoms with van der Waals surface area (Å²) in [4.78, 5) is 19.4. The summed E-state index contributed by atoms with van der Waals surface area (Å²) in [6.07, 6.45) is 3.23. The van der Waals surface area contributed by atoms with E-state index in [1.807, 2.05) is 0 Å². The number of amides is 1. The molecule has 6 nitrogen and oxygen atoms in total. The van der Waals surface area contributed by atoms with Crippen molar-refractivity contribution in [1.29, 1.82) is 0 Å². The number of aromatic nitrogens is 2. The van der Waals surface area contributed by atoms with Crippen LogP contribution in [0.4, 0.5) is 4.39 Å². The first-order chi connectivity index (χ1) is 9.20. The van der Waals surface area contributed by atoms with Crippen molar-refractivity contribution in [2.75, 3.05) is 6.54 Å². The molecule has 100 valence electrons. The zero-order valence-corrected chi connectivity index (χ0v) is 10.1. The highest BCUT2D eigenvalue weighted by molar-refractivity contribution is 5.91. The molecule has 19 heavy (non-hydrogen) atoms. The molecule has 0 saturated carbocycles. The van der Waals surface area contributed by atoms with Gasteiger partial charge in [0.1, 0.15) is 5.82 Å². The number of halogens is 1. The van der Waals surface area contributed by atoms with E-state index < -0.39 is 11.7 Å². The molecule has 0 atom stereocenters. The fourth-order valence-electron chi connectivity index (χ4n) is 1.45. The molecule has 2 rings (SSSR count). The molecule has 0 aliphatic heterocycles. The number of nitrogens with two attached hydrogens (primary N) is 1. The highest BCUT2D eigenvalue weighted by atomic mass is 19.1. The Morgan fingerprint density at radius 1 is 1.47 bits per heavy atom. The van der Waals surface area contributed by atoms with Crippen LogP contribution >= 0.6 is 0 Å². The molecule has 7 heteroatoms. The highest BCUT2D eigenvalue weighted by Gasteiger charge is 2.13. The summed E-state index contributed by atoms with van der Waals surface area (Å²) in [6.45, 7) is 0.374. The molecule has 2 heterocycles. The second-order valence-electron chi connectivity index (χ2n) is 3.77. The predicted octanol–water partition coefficient (Wildman–Crippen LogP) is 0.640. The van der Waals surface area contributed by atoms with E-state index >= 15 is 0 Å². The smallest absolute Gasteiger partial charge is 0.289 e. The maximum absolute atomic E-state index is 13.3. The van der Waals surface area contributed by atoms with E-state index in [2.05, 4.69) is 15.3 Å². The molecular weight excluding hydrogens is 251 g/mol. The lowest BCUT2D eigenvalue weighted by atomic mass is 10.3. The molecule has 0 radical (unpaired) electrons. The van der Waals surface area contributed by atoms with Crippen molar-refractivity contribution < 1.29 is 13.6 Å². The van der Waals surface area contributed by atoms with Crippen LogP contribution in [0.1, 0.15) is 22.1 Å². The van der Waals surface area contributed by atoms with E-state index in [-0.39, 0.29) is 18.0 Å². The topological polar surface area (TPSA) is 94.0 Å². The number of rotatable bonds is 5. The number of hydrogen-bond acceptors (Lipinski definition) is 5. The van der Waals surface area contributed by atoms with Crippen molar-refractivity contribution in [3.8, 4) is 0 Å². The van der Waals surface area contributed by atoms with Crippen molar-refractivity contribution in [2.45, 2.75) is 13.0 Å². The van der Waals surface area contributed by atoms with Gasteiger partial charge in [0, 0.05) is 19.2 Å². The molecule has 2 aromatic heterocycles. The molecule has 0 fully saturated rings. The molecule has 0 aliphatic carbocycles. The van der Waals surface area contributed by atoms with Crippen LogP contribution < -0.4 is 11.1 Å². The third-order valence-corrected chi connectivity index (χ3v) is 2.39. The van der Waals surface area contributed by atoms with Crippen molar-refractivity contribution in [2.24, 2.45) is 5.73 Å². The normalized spacial score (nSPS) is 10.4. The van der Waals surface area contributed by atoms with Crippen molar-refractivity contribution in [1.82, 2.24) is 15.3 Å². The average Bonchev–Trinajstić information content (AvgIpc) is 2.87. The van der Waals surface area contributed by atoms with Crippen molar-refractivity contribution in [3.05, 3.63) is 47.7 Å². The summed E-state index contributed by atoms with van der Waals surface area (Å²) >= 11 is 0. The van der Waals surface area contributed by atoms with Crippen molar-refractivity contribution in [3.63, 3.8) is 0 Å². The maximum Gasteiger partial charge on any atom is 0.289 e. The second kappa shape index (κ2) is 6.05. The van der Waals surface area contributed by atoms with Crippen LogP contribution in [0.2, 0.25) is 0 Å². The fraction of sp³-hybridized carbons (Fsp3) is 0.250. The minimum absolute atomic E-state index is 0.0154. The Morgan fingerprint density at radius 2 is 2.32 bits per heavy atom. The first-order valence-electron chi connectivity index (χ1n) is 5.73. The lowest BCUT2D eigenvalue weighted by Gasteiger charge is -2.03. The summed E-state index contributed by atoms with van der Waals surface area (Å²) in [6, 6.07) is 2.76. The van der Waals surface area contributed by atoms with Crippen LogP contribution in [0.15, 0.2) is 28.9 Å². The summed E-state index contributed by atoms with van der Waals surface area (Å²) in [5.41, 5.74) is 5.51. The zero-order valence-electron chi connectivity index (χ0n) is 10.1. The van der Waals surface area contributed by atoms with Gasteiger partial charge in [0.05, 0.1) is 18.4 Å². The number of hydrogen-bond donors (Lipinski definition) is 2. The second-order valence-corrected chi connectivity index (χ2v) is 3.77. The van der Waals surface area contributed by atoms with Crippen LogP contribution in [0.3, 0.4) is 0 Å². The Bertz CT molecular complexity index is 570. The van der Waals surface area contributed by atoms with Gasteiger partial charge in [0.25, 0.3) is 5.91 Å². The number of oxazole rings is 1. The minimum atomic E-state index is -0.471. The Kier molecular flexibility index (Phi) is 4.19. The Labute approximate surface area is 108 Å². The van der Waals surface area contributed by atoms with E-state index in [4.69, 9.17) is 10.2 Å². The lowest BCUT2D eigenvalue weighted by Crippen LogP contribution is -2.23. The zero-order chi connectivity index (χ0) is 13.7. The summed E-state index contributed by atoms with van der Waals surface area (Å²) in [5, 5.41) is 2.51. The van der Waals surface area contributed by atoms with Gasteiger partial charge in [-0.3, -0.25) is 9.78 Å². The number of nitrogens with zero attached hydrogens (tertiary/aromatic N) is 2. The summed E-state index contributed by atoms with van der Waals surface area (Å²) in [5.74, 6) is -0.471. The van der Waals surface area contributed by atoms with Gasteiger partial charge in [-0.25, -0.2) is 9.37 Å². The molecular formula is C12H13FN4O2. The van der Waals surface area contributed by atoms with Gasteiger partial charge < -0.3 is 15.5 Å². The van der Waals surface area contributed by atoms with E-state index in [0.717, 1.165) is 0 Å². The van der Waals surface area contributed by atoms with Gasteiger partial charge in [0.15, 0.2) is 5.89 Å². The maximum atomic E-state index is 13.3. The van der Waals surface area contributed by atoms with Crippen LogP contribution in [0.5, 0.6) is 0 Å². The first-order valence-corrected chi connectivity index (χ1v) is 5.73. The third kappa shape index (κ3) is 3.35. The molecule has 0 aliphatic rings. The van der Waals surface area contributed by atoms with Crippen LogP contribution in [0, 0.1) is 5.82 Å². The Hall–Kier alpha value is -2.28. The standard InChI is InChI=1S/C12H13FN4O2/c13-8-2-1-5-15-9(8)6-17-12(18)10-7-16-11(19-10)3-4-14/h1-2,5,7H,3-4,6,14H2,(H,17,18). The van der Waals surface area contributed by atoms with E-state index in [1.54, 1.807) is 0 Å². The quantitative estimate of drug-likeness (QED) is 0.826. The van der Waals surface area contributed by atoms with Crippen LogP contribution in [0.25, 0.3) is 0 Å². The van der Waals surface area contributed by atoms with Gasteiger partial charge in [-0.1, -0.05) is 0 Å². The molecule has 1 amide bonds. The van der Waals surface area contributed by atoms with Gasteiger partial charge in [-0.2, -0.15) is 0 Å². The monoisotopic (exact) mass is 264 g/mol. The number of carbonyl (C=O) groups is 1. The molecule has 0 bridgehead atoms. The Morgan fingerprint density at radius 3 is 3.05 bits per heavy atom. The van der Waals surface area contributed by atoms with E-state index in [0.29, 0.717) is 18.9 Å². The molecule has 0 saturated heterocycles. The van der Waals surface area contributed by atoms with Crippen LogP contribution in [-0.4, -0.2) is 22.4 Å². The summed E-state index contributed by atoms with van der Waals surface area (Å²) < 4.78 is 18.5. The molecule has 0 aromatic carbocycles. The average molecular weight is 264 g/mol. The largest absolute Gasteiger partial charge is 0.436 e. The van der Waals surface area contributed by atoms with Gasteiger partial charge in [0.2, 0.25) is 5.76 Å². The molecule has 2 aromatic rings. The number of nitrogens with one attached hydrogen (secondary N) is 1. The highest BCUT2D eigenvalue weighted by Crippen LogP contribution is 2.05. The van der Waals surface area contributed by atoms with Crippen LogP contribution in [-0.2, 0) is 13.0 Å². The third-order valence-electron chi connectivity index (χ3n) is 2.39. The summed E-state index contributed by atoms with van der Waals surface area (Å²) in [7, 11) is 0. The molecule has 0 unspecified atom stereocenters.